The lowest BCUT2D eigenvalue weighted by atomic mass is 9.93. The monoisotopic (exact) mass is 332 g/mol. The fourth-order valence-corrected chi connectivity index (χ4v) is 3.34. The van der Waals surface area contributed by atoms with Crippen molar-refractivity contribution in [2.24, 2.45) is 0 Å². The van der Waals surface area contributed by atoms with Crippen molar-refractivity contribution in [2.75, 3.05) is 0 Å². The molecule has 0 saturated heterocycles. The molecular weight excluding hydrogens is 312 g/mol. The van der Waals surface area contributed by atoms with Crippen LogP contribution in [-0.2, 0) is 25.7 Å². The first-order chi connectivity index (χ1) is 12.8. The van der Waals surface area contributed by atoms with Crippen molar-refractivity contribution in [3.8, 4) is 24.2 Å². The number of aryl methyl sites for hydroxylation is 4. The first kappa shape index (κ1) is 16.3. The van der Waals surface area contributed by atoms with Gasteiger partial charge < -0.3 is 0 Å². The second-order valence-corrected chi connectivity index (χ2v) is 6.78. The Hall–Kier alpha value is -3.22. The summed E-state index contributed by atoms with van der Waals surface area (Å²) >= 11 is 0. The van der Waals surface area contributed by atoms with E-state index in [2.05, 4.69) is 60.2 Å². The fourth-order valence-electron chi connectivity index (χ4n) is 3.34. The normalized spacial score (nSPS) is 12.4. The Balaban J connectivity index is 1.66. The molecule has 3 aromatic carbocycles. The zero-order valence-corrected chi connectivity index (χ0v) is 14.8. The summed E-state index contributed by atoms with van der Waals surface area (Å²) in [6, 6.07) is 23.7. The minimum absolute atomic E-state index is 0.887. The van der Waals surface area contributed by atoms with E-state index in [1.807, 2.05) is 24.3 Å². The SMILES string of the molecule is C#Cc1ccc(C#Cc2cc3ccc2CCc2ccc(cc2)CC3)cc1. The Bertz CT molecular complexity index is 1020. The lowest BCUT2D eigenvalue weighted by Gasteiger charge is -2.11. The van der Waals surface area contributed by atoms with Crippen LogP contribution in [0.4, 0.5) is 0 Å². The third-order valence-electron chi connectivity index (χ3n) is 4.98. The molecule has 0 nitrogen and oxygen atoms in total. The van der Waals surface area contributed by atoms with Crippen molar-refractivity contribution in [2.45, 2.75) is 25.7 Å². The largest absolute Gasteiger partial charge is 0.115 e. The van der Waals surface area contributed by atoms with Gasteiger partial charge in [0.25, 0.3) is 0 Å². The van der Waals surface area contributed by atoms with Gasteiger partial charge in [-0.05, 0) is 78.3 Å². The van der Waals surface area contributed by atoms with Gasteiger partial charge in [0.2, 0.25) is 0 Å². The zero-order valence-electron chi connectivity index (χ0n) is 14.8. The maximum absolute atomic E-state index is 5.42. The lowest BCUT2D eigenvalue weighted by molar-refractivity contribution is 0.918. The number of terminal acetylenes is 1. The smallest absolute Gasteiger partial charge is 0.0283 e. The molecule has 0 unspecified atom stereocenters. The quantitative estimate of drug-likeness (QED) is 0.511. The lowest BCUT2D eigenvalue weighted by Crippen LogP contribution is -2.00. The van der Waals surface area contributed by atoms with Crippen LogP contribution in [0, 0.1) is 24.2 Å². The molecule has 3 aromatic rings. The van der Waals surface area contributed by atoms with Crippen molar-refractivity contribution in [1.82, 2.24) is 0 Å². The Morgan fingerprint density at radius 1 is 0.577 bits per heavy atom. The fraction of sp³-hybridized carbons (Fsp3) is 0.154. The molecule has 4 bridgehead atoms. The predicted molar refractivity (Wildman–Crippen MR) is 108 cm³/mol. The molecule has 0 fully saturated rings. The van der Waals surface area contributed by atoms with Gasteiger partial charge in [0.1, 0.15) is 0 Å². The highest BCUT2D eigenvalue weighted by Gasteiger charge is 2.06. The van der Waals surface area contributed by atoms with Crippen LogP contribution in [0.15, 0.2) is 66.7 Å². The van der Waals surface area contributed by atoms with E-state index >= 15 is 0 Å². The number of hydrogen-bond acceptors (Lipinski definition) is 0. The van der Waals surface area contributed by atoms with Gasteiger partial charge in [-0.3, -0.25) is 0 Å². The van der Waals surface area contributed by atoms with E-state index < -0.39 is 0 Å². The molecular formula is C26H20. The van der Waals surface area contributed by atoms with Gasteiger partial charge in [0, 0.05) is 16.7 Å². The molecule has 4 aliphatic rings. The Morgan fingerprint density at radius 2 is 1.15 bits per heavy atom. The number of hydrogen-bond donors (Lipinski definition) is 0. The summed E-state index contributed by atoms with van der Waals surface area (Å²) in [6.07, 6.45) is 9.60. The Kier molecular flexibility index (Phi) is 4.59. The van der Waals surface area contributed by atoms with Gasteiger partial charge in [-0.15, -0.1) is 6.42 Å². The average molecular weight is 332 g/mol. The van der Waals surface area contributed by atoms with Crippen molar-refractivity contribution in [1.29, 1.82) is 0 Å². The van der Waals surface area contributed by atoms with Crippen LogP contribution in [0.1, 0.15) is 38.9 Å². The summed E-state index contributed by atoms with van der Waals surface area (Å²) in [5, 5.41) is 0. The molecule has 0 spiro atoms. The van der Waals surface area contributed by atoms with Crippen LogP contribution in [0.3, 0.4) is 0 Å². The van der Waals surface area contributed by atoms with E-state index in [4.69, 9.17) is 6.42 Å². The molecule has 0 aliphatic heterocycles. The van der Waals surface area contributed by atoms with Gasteiger partial charge in [-0.25, -0.2) is 0 Å². The van der Waals surface area contributed by atoms with E-state index in [0.717, 1.165) is 42.4 Å². The van der Waals surface area contributed by atoms with Crippen LogP contribution in [0.5, 0.6) is 0 Å². The molecule has 7 rings (SSSR count). The Morgan fingerprint density at radius 3 is 1.85 bits per heavy atom. The molecule has 0 heterocycles. The van der Waals surface area contributed by atoms with Crippen LogP contribution < -0.4 is 0 Å². The highest BCUT2D eigenvalue weighted by Crippen LogP contribution is 2.19. The van der Waals surface area contributed by atoms with E-state index in [1.165, 1.54) is 22.3 Å². The Labute approximate surface area is 155 Å². The number of rotatable bonds is 0. The van der Waals surface area contributed by atoms with Gasteiger partial charge in [0.15, 0.2) is 0 Å². The second-order valence-electron chi connectivity index (χ2n) is 6.78. The molecule has 26 heavy (non-hydrogen) atoms. The molecule has 4 aliphatic carbocycles. The van der Waals surface area contributed by atoms with Gasteiger partial charge in [0.05, 0.1) is 0 Å². The maximum Gasteiger partial charge on any atom is 0.0283 e. The van der Waals surface area contributed by atoms with Gasteiger partial charge in [-0.2, -0.15) is 0 Å². The van der Waals surface area contributed by atoms with Crippen molar-refractivity contribution < 1.29 is 0 Å². The third-order valence-corrected chi connectivity index (χ3v) is 4.98. The maximum atomic E-state index is 5.42. The first-order valence-corrected chi connectivity index (χ1v) is 9.08. The summed E-state index contributed by atoms with van der Waals surface area (Å²) in [4.78, 5) is 0. The molecule has 0 heteroatoms. The third kappa shape index (κ3) is 3.72. The zero-order chi connectivity index (χ0) is 17.8. The molecule has 124 valence electrons. The molecule has 0 saturated carbocycles. The summed E-state index contributed by atoms with van der Waals surface area (Å²) in [5.41, 5.74) is 8.51. The number of benzene rings is 3. The topological polar surface area (TPSA) is 0 Å². The van der Waals surface area contributed by atoms with Gasteiger partial charge >= 0.3 is 0 Å². The van der Waals surface area contributed by atoms with Crippen LogP contribution in [0.25, 0.3) is 0 Å². The minimum atomic E-state index is 0.887. The van der Waals surface area contributed by atoms with E-state index in [-0.39, 0.29) is 0 Å². The summed E-state index contributed by atoms with van der Waals surface area (Å²) in [7, 11) is 0. The van der Waals surface area contributed by atoms with Crippen LogP contribution >= 0.6 is 0 Å². The first-order valence-electron chi connectivity index (χ1n) is 9.08. The molecule has 0 amide bonds. The van der Waals surface area contributed by atoms with Crippen LogP contribution in [-0.4, -0.2) is 0 Å². The molecule has 0 atom stereocenters. The van der Waals surface area contributed by atoms with Gasteiger partial charge in [-0.1, -0.05) is 54.2 Å². The molecule has 0 radical (unpaired) electrons. The average Bonchev–Trinajstić information content (AvgIpc) is 2.69. The second kappa shape index (κ2) is 7.35. The van der Waals surface area contributed by atoms with E-state index in [0.29, 0.717) is 0 Å². The molecule has 0 aromatic heterocycles. The highest BCUT2D eigenvalue weighted by atomic mass is 14.1. The minimum Gasteiger partial charge on any atom is -0.115 e. The van der Waals surface area contributed by atoms with E-state index in [1.54, 1.807) is 0 Å². The highest BCUT2D eigenvalue weighted by molar-refractivity contribution is 5.49. The van der Waals surface area contributed by atoms with Crippen LogP contribution in [0.2, 0.25) is 0 Å². The van der Waals surface area contributed by atoms with Crippen molar-refractivity contribution in [3.63, 3.8) is 0 Å². The van der Waals surface area contributed by atoms with Crippen molar-refractivity contribution in [3.05, 3.63) is 106 Å². The summed E-state index contributed by atoms with van der Waals surface area (Å²) < 4.78 is 0. The van der Waals surface area contributed by atoms with Crippen molar-refractivity contribution >= 4 is 0 Å². The summed E-state index contributed by atoms with van der Waals surface area (Å²) in [6.45, 7) is 0. The molecule has 0 N–H and O–H groups in total. The predicted octanol–water partition coefficient (Wildman–Crippen LogP) is 4.95. The standard InChI is InChI=1S/C26H20/c1-2-20-3-5-22(6-4-20)14-18-26-19-24-12-11-21-7-9-23(10-8-21)13-16-25(26)17-15-24/h1,3-10,15,17,19H,11-13,16H2. The van der Waals surface area contributed by atoms with E-state index in [9.17, 15) is 0 Å². The summed E-state index contributed by atoms with van der Waals surface area (Å²) in [5.74, 6) is 9.35.